The van der Waals surface area contributed by atoms with E-state index in [9.17, 15) is 26.3 Å². The Labute approximate surface area is 127 Å². The first-order valence-corrected chi connectivity index (χ1v) is 6.43. The molecule has 0 radical (unpaired) electrons. The first kappa shape index (κ1) is 17.0. The molecule has 2 aromatic rings. The smallest absolute Gasteiger partial charge is 0.397 e. The van der Waals surface area contributed by atoms with Gasteiger partial charge in [0.2, 0.25) is 0 Å². The van der Waals surface area contributed by atoms with Crippen LogP contribution in [0.15, 0.2) is 48.5 Å². The van der Waals surface area contributed by atoms with Gasteiger partial charge in [0.05, 0.1) is 11.4 Å². The largest absolute Gasteiger partial charge is 0.456 e. The number of nitrogens with one attached hydrogen (secondary N) is 1. The Morgan fingerprint density at radius 2 is 1.52 bits per heavy atom. The highest BCUT2D eigenvalue weighted by atomic mass is 19.4. The van der Waals surface area contributed by atoms with E-state index in [0.29, 0.717) is 5.69 Å². The molecule has 0 saturated carbocycles. The fraction of sp³-hybridized carbons (Fsp3) is 0.200. The van der Waals surface area contributed by atoms with Crippen molar-refractivity contribution in [3.8, 4) is 0 Å². The fourth-order valence-corrected chi connectivity index (χ4v) is 1.88. The van der Waals surface area contributed by atoms with Crippen molar-refractivity contribution < 1.29 is 26.3 Å². The maximum absolute atomic E-state index is 13.6. The van der Waals surface area contributed by atoms with Gasteiger partial charge in [0.1, 0.15) is 0 Å². The predicted octanol–water partition coefficient (Wildman–Crippen LogP) is 5.22. The third kappa shape index (κ3) is 3.52. The van der Waals surface area contributed by atoms with Crippen molar-refractivity contribution in [3.63, 3.8) is 0 Å². The minimum Gasteiger partial charge on any atom is -0.397 e. The first-order chi connectivity index (χ1) is 10.6. The number of benzene rings is 2. The average molecular weight is 334 g/mol. The van der Waals surface area contributed by atoms with Gasteiger partial charge in [0.15, 0.2) is 6.17 Å². The van der Waals surface area contributed by atoms with Crippen LogP contribution >= 0.6 is 0 Å². The Bertz CT molecular complexity index is 669. The number of nitrogens with two attached hydrogens (primary N) is 1. The molecule has 0 heterocycles. The summed E-state index contributed by atoms with van der Waals surface area (Å²) in [5.41, 5.74) is 5.51. The monoisotopic (exact) mass is 334 g/mol. The molecule has 0 fully saturated rings. The number of rotatable bonds is 4. The Kier molecular flexibility index (Phi) is 4.44. The van der Waals surface area contributed by atoms with Crippen LogP contribution in [0, 0.1) is 0 Å². The second kappa shape index (κ2) is 6.02. The lowest BCUT2D eigenvalue weighted by molar-refractivity contribution is -0.305. The van der Waals surface area contributed by atoms with E-state index in [2.05, 4.69) is 5.32 Å². The lowest BCUT2D eigenvalue weighted by Gasteiger charge is -2.23. The van der Waals surface area contributed by atoms with Gasteiger partial charge in [-0.15, -0.1) is 0 Å². The van der Waals surface area contributed by atoms with Crippen LogP contribution in [0.25, 0.3) is 0 Å². The Balaban J connectivity index is 2.26. The molecule has 2 nitrogen and oxygen atoms in total. The molecule has 0 amide bonds. The van der Waals surface area contributed by atoms with Crippen molar-refractivity contribution in [3.05, 3.63) is 54.1 Å². The van der Waals surface area contributed by atoms with Crippen LogP contribution in [0.3, 0.4) is 0 Å². The van der Waals surface area contributed by atoms with E-state index < -0.39 is 23.8 Å². The van der Waals surface area contributed by atoms with E-state index >= 15 is 0 Å². The normalized spacial score (nSPS) is 13.7. The second-order valence-electron chi connectivity index (χ2n) is 4.82. The van der Waals surface area contributed by atoms with E-state index in [1.807, 2.05) is 0 Å². The van der Waals surface area contributed by atoms with E-state index in [0.717, 1.165) is 18.2 Å². The first-order valence-electron chi connectivity index (χ1n) is 6.43. The molecule has 124 valence electrons. The lowest BCUT2D eigenvalue weighted by atomic mass is 10.0. The predicted molar refractivity (Wildman–Crippen MR) is 75.4 cm³/mol. The highest BCUT2D eigenvalue weighted by molar-refractivity contribution is 5.73. The molecule has 8 heteroatoms. The summed E-state index contributed by atoms with van der Waals surface area (Å²) in [5, 5.41) is 2.85. The van der Waals surface area contributed by atoms with Gasteiger partial charge in [-0.05, 0) is 29.8 Å². The van der Waals surface area contributed by atoms with Crippen LogP contribution < -0.4 is 11.1 Å². The number of halogens is 6. The van der Waals surface area contributed by atoms with Crippen LogP contribution in [0.1, 0.15) is 11.7 Å². The molecule has 0 saturated heterocycles. The lowest BCUT2D eigenvalue weighted by Crippen LogP contribution is -2.40. The van der Waals surface area contributed by atoms with Gasteiger partial charge in [-0.1, -0.05) is 24.3 Å². The van der Waals surface area contributed by atoms with Crippen LogP contribution in [0.4, 0.5) is 43.4 Å². The number of nitrogen functional groups attached to an aromatic ring is 1. The van der Waals surface area contributed by atoms with E-state index in [1.165, 1.54) is 0 Å². The van der Waals surface area contributed by atoms with Gasteiger partial charge in [0, 0.05) is 5.69 Å². The van der Waals surface area contributed by atoms with E-state index in [4.69, 9.17) is 5.73 Å². The van der Waals surface area contributed by atoms with E-state index in [-0.39, 0.29) is 11.4 Å². The Morgan fingerprint density at radius 3 is 2.04 bits per heavy atom. The molecule has 0 aliphatic heterocycles. The third-order valence-corrected chi connectivity index (χ3v) is 3.12. The van der Waals surface area contributed by atoms with E-state index in [1.54, 1.807) is 30.3 Å². The van der Waals surface area contributed by atoms with Crippen LogP contribution in [0.2, 0.25) is 0 Å². The highest BCUT2D eigenvalue weighted by Gasteiger charge is 2.63. The molecule has 3 N–H and O–H groups in total. The highest BCUT2D eigenvalue weighted by Crippen LogP contribution is 2.47. The Morgan fingerprint density at radius 1 is 0.913 bits per heavy atom. The zero-order valence-corrected chi connectivity index (χ0v) is 11.5. The molecule has 0 spiro atoms. The average Bonchev–Trinajstić information content (AvgIpc) is 2.48. The number of hydrogen-bond donors (Lipinski definition) is 2. The van der Waals surface area contributed by atoms with Gasteiger partial charge < -0.3 is 11.1 Å². The standard InChI is InChI=1S/C15H12F6N2/c16-13(14(17,18)15(19,20)21)9-6-7-12(11(22)8-9)23-10-4-2-1-3-5-10/h1-8,13,23H,22H2. The molecule has 2 aromatic carbocycles. The van der Waals surface area contributed by atoms with Gasteiger partial charge in [-0.3, -0.25) is 0 Å². The van der Waals surface area contributed by atoms with Crippen molar-refractivity contribution in [2.45, 2.75) is 18.3 Å². The SMILES string of the molecule is Nc1cc(C(F)C(F)(F)C(F)(F)F)ccc1Nc1ccccc1. The number of para-hydroxylation sites is 1. The number of alkyl halides is 6. The summed E-state index contributed by atoms with van der Waals surface area (Å²) in [6.07, 6.45) is -9.52. The van der Waals surface area contributed by atoms with Gasteiger partial charge >= 0.3 is 12.1 Å². The van der Waals surface area contributed by atoms with Crippen molar-refractivity contribution in [2.75, 3.05) is 11.1 Å². The maximum Gasteiger partial charge on any atom is 0.456 e. The van der Waals surface area contributed by atoms with Crippen LogP contribution in [-0.2, 0) is 0 Å². The number of anilines is 3. The summed E-state index contributed by atoms with van der Waals surface area (Å²) in [4.78, 5) is 0. The molecular weight excluding hydrogens is 322 g/mol. The fourth-order valence-electron chi connectivity index (χ4n) is 1.88. The van der Waals surface area contributed by atoms with Gasteiger partial charge in [-0.25, -0.2) is 4.39 Å². The summed E-state index contributed by atoms with van der Waals surface area (Å²) in [6, 6.07) is 11.4. The summed E-state index contributed by atoms with van der Waals surface area (Å²) in [5.74, 6) is -5.49. The summed E-state index contributed by atoms with van der Waals surface area (Å²) >= 11 is 0. The minimum atomic E-state index is -5.98. The summed E-state index contributed by atoms with van der Waals surface area (Å²) < 4.78 is 76.3. The molecule has 2 rings (SSSR count). The van der Waals surface area contributed by atoms with Crippen molar-refractivity contribution >= 4 is 17.1 Å². The maximum atomic E-state index is 13.6. The van der Waals surface area contributed by atoms with Crippen molar-refractivity contribution in [1.29, 1.82) is 0 Å². The molecule has 0 aliphatic rings. The van der Waals surface area contributed by atoms with Crippen molar-refractivity contribution in [2.24, 2.45) is 0 Å². The topological polar surface area (TPSA) is 38.0 Å². The van der Waals surface area contributed by atoms with Crippen molar-refractivity contribution in [1.82, 2.24) is 0 Å². The molecular formula is C15H12F6N2. The second-order valence-corrected chi connectivity index (χ2v) is 4.82. The third-order valence-electron chi connectivity index (χ3n) is 3.12. The quantitative estimate of drug-likeness (QED) is 0.594. The molecule has 1 unspecified atom stereocenters. The molecule has 0 aromatic heterocycles. The zero-order chi connectivity index (χ0) is 17.3. The summed E-state index contributed by atoms with van der Waals surface area (Å²) in [6.45, 7) is 0. The summed E-state index contributed by atoms with van der Waals surface area (Å²) in [7, 11) is 0. The molecule has 0 aliphatic carbocycles. The molecule has 23 heavy (non-hydrogen) atoms. The minimum absolute atomic E-state index is 0.146. The van der Waals surface area contributed by atoms with Gasteiger partial charge in [0.25, 0.3) is 0 Å². The number of hydrogen-bond acceptors (Lipinski definition) is 2. The molecule has 1 atom stereocenters. The molecule has 0 bridgehead atoms. The van der Waals surface area contributed by atoms with Crippen LogP contribution in [-0.4, -0.2) is 12.1 Å². The zero-order valence-electron chi connectivity index (χ0n) is 11.5. The Hall–Kier alpha value is -2.38. The van der Waals surface area contributed by atoms with Gasteiger partial charge in [-0.2, -0.15) is 22.0 Å². The van der Waals surface area contributed by atoms with Crippen LogP contribution in [0.5, 0.6) is 0 Å².